The Kier molecular flexibility index (Phi) is 8.60. The summed E-state index contributed by atoms with van der Waals surface area (Å²) in [5.74, 6) is 0.208. The molecule has 5 N–H and O–H groups in total. The van der Waals surface area contributed by atoms with Gasteiger partial charge in [0.05, 0.1) is 18.8 Å². The van der Waals surface area contributed by atoms with E-state index >= 15 is 0 Å². The summed E-state index contributed by atoms with van der Waals surface area (Å²) < 4.78 is 42.3. The first kappa shape index (κ1) is 29.7. The van der Waals surface area contributed by atoms with E-state index < -0.39 is 31.4 Å². The molecule has 1 fully saturated rings. The summed E-state index contributed by atoms with van der Waals surface area (Å²) in [7, 11) is 1.21. The Bertz CT molecular complexity index is 1800. The van der Waals surface area contributed by atoms with Crippen molar-refractivity contribution in [2.45, 2.75) is 31.9 Å². The molecule has 41 heavy (non-hydrogen) atoms. The monoisotopic (exact) mass is 644 g/mol. The van der Waals surface area contributed by atoms with Crippen LogP contribution in [0.1, 0.15) is 24.0 Å². The lowest BCUT2D eigenvalue weighted by atomic mass is 10.3. The standard InChI is InChI=1S/C20H23N9O8P2S2/c1-33-38(31,40)35-5-3-28-14(25-12-6-11(7-21)8-23-16(12)28)9-36-39(32,41)37-13-2-4-34-19(13)29-10-24-15-17(29)26-20(22)27-18(15)30/h6,8,10,13,19H,2-5,9H2,1H3,(H5,22,26,27,30,31,32,40,41)/p+1. The van der Waals surface area contributed by atoms with Gasteiger partial charge in [0.15, 0.2) is 12.0 Å². The largest absolute Gasteiger partial charge is 0.385 e. The van der Waals surface area contributed by atoms with E-state index in [-0.39, 0.29) is 49.3 Å². The molecule has 4 atom stereocenters. The molecule has 5 rings (SSSR count). The summed E-state index contributed by atoms with van der Waals surface area (Å²) in [6, 6.07) is 3.54. The molecular weight excluding hydrogens is 620 g/mol. The molecule has 0 spiro atoms. The number of nitrogen functional groups attached to an aromatic ring is 1. The van der Waals surface area contributed by atoms with Crippen molar-refractivity contribution < 1.29 is 36.9 Å². The van der Waals surface area contributed by atoms with E-state index in [2.05, 4.69) is 37.2 Å². The molecule has 0 aliphatic carbocycles. The number of aromatic amines is 2. The third-order valence-electron chi connectivity index (χ3n) is 6.01. The molecule has 1 aliphatic rings. The molecule has 0 aromatic carbocycles. The van der Waals surface area contributed by atoms with E-state index in [1.54, 1.807) is 4.57 Å². The first-order valence-electron chi connectivity index (χ1n) is 11.8. The van der Waals surface area contributed by atoms with Gasteiger partial charge in [-0.25, -0.2) is 19.1 Å². The molecule has 4 unspecified atom stereocenters. The average Bonchev–Trinajstić information content (AvgIpc) is 3.64. The molecule has 1 saturated heterocycles. The van der Waals surface area contributed by atoms with Gasteiger partial charge >= 0.3 is 19.2 Å². The van der Waals surface area contributed by atoms with Crippen LogP contribution >= 0.6 is 25.8 Å². The summed E-state index contributed by atoms with van der Waals surface area (Å²) in [6.45, 7) is -7.40. The van der Waals surface area contributed by atoms with Crippen molar-refractivity contribution in [3.8, 4) is 6.07 Å². The van der Waals surface area contributed by atoms with Crippen LogP contribution in [0.2, 0.25) is 0 Å². The Balaban J connectivity index is 1.34. The van der Waals surface area contributed by atoms with Crippen LogP contribution in [0, 0.1) is 11.3 Å². The normalized spacial score (nSPS) is 20.2. The molecule has 4 aromatic heterocycles. The number of hydrogen-bond donors (Lipinski definition) is 5. The van der Waals surface area contributed by atoms with Crippen molar-refractivity contribution in [1.29, 1.82) is 5.26 Å². The molecule has 0 saturated carbocycles. The van der Waals surface area contributed by atoms with Crippen LogP contribution in [0.25, 0.3) is 22.3 Å². The number of imidazole rings is 2. The van der Waals surface area contributed by atoms with Gasteiger partial charge in [0, 0.05) is 26.3 Å². The molecular formula is C20H24N9O8P2S2+. The van der Waals surface area contributed by atoms with Crippen molar-refractivity contribution in [1.82, 2.24) is 29.5 Å². The van der Waals surface area contributed by atoms with Crippen LogP contribution in [0.3, 0.4) is 0 Å². The number of anilines is 1. The fraction of sp³-hybridized carbons (Fsp3) is 0.400. The summed E-state index contributed by atoms with van der Waals surface area (Å²) in [5.41, 5.74) is 6.74. The molecule has 0 bridgehead atoms. The van der Waals surface area contributed by atoms with Gasteiger partial charge < -0.3 is 29.0 Å². The summed E-state index contributed by atoms with van der Waals surface area (Å²) in [6.07, 6.45) is 1.70. The van der Waals surface area contributed by atoms with Gasteiger partial charge in [-0.1, -0.05) is 17.2 Å². The predicted molar refractivity (Wildman–Crippen MR) is 149 cm³/mol. The van der Waals surface area contributed by atoms with Crippen LogP contribution < -0.4 is 15.9 Å². The molecule has 4 aromatic rings. The minimum atomic E-state index is -3.88. The Morgan fingerprint density at radius 2 is 2.24 bits per heavy atom. The topological polar surface area (TPSA) is 229 Å². The fourth-order valence-electron chi connectivity index (χ4n) is 4.21. The number of rotatable bonds is 11. The highest BCUT2D eigenvalue weighted by atomic mass is 32.7. The summed E-state index contributed by atoms with van der Waals surface area (Å²) >= 11 is 9.14. The van der Waals surface area contributed by atoms with Crippen molar-refractivity contribution in [2.75, 3.05) is 26.1 Å². The zero-order chi connectivity index (χ0) is 29.4. The minimum absolute atomic E-state index is 0.0778. The fourth-order valence-corrected chi connectivity index (χ4v) is 6.25. The van der Waals surface area contributed by atoms with Crippen molar-refractivity contribution >= 4 is 65.8 Å². The molecule has 0 amide bonds. The number of nitrogens with one attached hydrogen (secondary N) is 2. The van der Waals surface area contributed by atoms with Gasteiger partial charge in [-0.15, -0.1) is 0 Å². The molecule has 0 radical (unpaired) electrons. The van der Waals surface area contributed by atoms with E-state index in [0.29, 0.717) is 23.1 Å². The second kappa shape index (κ2) is 11.9. The van der Waals surface area contributed by atoms with Crippen LogP contribution in [0.15, 0.2) is 23.4 Å². The van der Waals surface area contributed by atoms with E-state index in [4.69, 9.17) is 40.4 Å². The van der Waals surface area contributed by atoms with E-state index in [1.165, 1.54) is 30.3 Å². The van der Waals surface area contributed by atoms with Gasteiger partial charge in [-0.05, 0) is 17.9 Å². The first-order valence-corrected chi connectivity index (χ1v) is 17.1. The number of aromatic nitrogens is 7. The number of nitrogens with two attached hydrogens (primary N) is 1. The highest BCUT2D eigenvalue weighted by Crippen LogP contribution is 2.52. The zero-order valence-electron chi connectivity index (χ0n) is 21.2. The third kappa shape index (κ3) is 6.52. The molecule has 1 aliphatic heterocycles. The van der Waals surface area contributed by atoms with E-state index in [9.17, 15) is 19.5 Å². The van der Waals surface area contributed by atoms with E-state index in [0.717, 1.165) is 0 Å². The minimum Gasteiger partial charge on any atom is -0.355 e. The summed E-state index contributed by atoms with van der Waals surface area (Å²) in [4.78, 5) is 41.3. The zero-order valence-corrected chi connectivity index (χ0v) is 24.7. The van der Waals surface area contributed by atoms with Crippen LogP contribution in [0.5, 0.6) is 0 Å². The molecule has 5 heterocycles. The van der Waals surface area contributed by atoms with Gasteiger partial charge in [0.25, 0.3) is 11.5 Å². The predicted octanol–water partition coefficient (Wildman–Crippen LogP) is 1.18. The maximum absolute atomic E-state index is 12.2. The van der Waals surface area contributed by atoms with Gasteiger partial charge in [0.2, 0.25) is 11.7 Å². The third-order valence-corrected chi connectivity index (χ3v) is 9.39. The SMILES string of the molecule is COP(=O)(S)OCCn1c(COP(O)(=S)OC2CCOC2[n+]2c[nH]c3c(=O)[nH]c(N)nc32)nc2cc(C#N)cnc21. The summed E-state index contributed by atoms with van der Waals surface area (Å²) in [5, 5.41) is 9.23. The highest BCUT2D eigenvalue weighted by molar-refractivity contribution is 8.44. The second-order valence-corrected chi connectivity index (χ2v) is 14.4. The van der Waals surface area contributed by atoms with Crippen molar-refractivity contribution in [3.05, 3.63) is 40.3 Å². The first-order chi connectivity index (χ1) is 19.5. The number of fused-ring (bicyclic) bond motifs is 2. The van der Waals surface area contributed by atoms with Crippen molar-refractivity contribution in [3.63, 3.8) is 0 Å². The van der Waals surface area contributed by atoms with Crippen LogP contribution in [-0.4, -0.2) is 60.8 Å². The lowest BCUT2D eigenvalue weighted by Gasteiger charge is -2.22. The van der Waals surface area contributed by atoms with E-state index in [1.807, 2.05) is 6.07 Å². The Morgan fingerprint density at radius 3 is 3.00 bits per heavy atom. The Labute approximate surface area is 241 Å². The van der Waals surface area contributed by atoms with Crippen molar-refractivity contribution in [2.24, 2.45) is 0 Å². The number of ether oxygens (including phenoxy) is 1. The number of nitrogens with zero attached hydrogens (tertiary/aromatic N) is 6. The van der Waals surface area contributed by atoms with Gasteiger partial charge in [-0.3, -0.25) is 23.8 Å². The maximum Gasteiger partial charge on any atom is 0.385 e. The lowest BCUT2D eigenvalue weighted by molar-refractivity contribution is -0.742. The number of thiol groups is 1. The van der Waals surface area contributed by atoms with Crippen LogP contribution in [-0.2, 0) is 52.4 Å². The average molecular weight is 645 g/mol. The second-order valence-electron chi connectivity index (χ2n) is 8.61. The smallest absolute Gasteiger partial charge is 0.355 e. The molecule has 21 heteroatoms. The quantitative estimate of drug-likeness (QED) is 0.0877. The van der Waals surface area contributed by atoms with Gasteiger partial charge in [0.1, 0.15) is 30.1 Å². The maximum atomic E-state index is 12.2. The lowest BCUT2D eigenvalue weighted by Crippen LogP contribution is -2.44. The highest BCUT2D eigenvalue weighted by Gasteiger charge is 2.39. The number of H-pyrrole nitrogens is 2. The number of nitriles is 1. The molecule has 218 valence electrons. The Hall–Kier alpha value is -2.75. The van der Waals surface area contributed by atoms with Crippen LogP contribution in [0.4, 0.5) is 5.95 Å². The number of pyridine rings is 1. The Morgan fingerprint density at radius 1 is 1.44 bits per heavy atom. The number of hydrogen-bond acceptors (Lipinski definition) is 13. The molecule has 17 nitrogen and oxygen atoms in total. The van der Waals surface area contributed by atoms with Gasteiger partial charge in [-0.2, -0.15) is 5.26 Å².